The summed E-state index contributed by atoms with van der Waals surface area (Å²) in [7, 11) is 2.94. The molecule has 59 heavy (non-hydrogen) atoms. The fourth-order valence-electron chi connectivity index (χ4n) is 4.76. The Morgan fingerprint density at radius 3 is 1.10 bits per heavy atom. The van der Waals surface area contributed by atoms with Gasteiger partial charge in [-0.25, -0.2) is 0 Å². The average Bonchev–Trinajstić information content (AvgIpc) is 3.20. The molecule has 0 aliphatic heterocycles. The van der Waals surface area contributed by atoms with Crippen molar-refractivity contribution >= 4 is 182 Å². The molecule has 4 atom stereocenters. The van der Waals surface area contributed by atoms with Crippen molar-refractivity contribution in [1.29, 1.82) is 0 Å². The third-order valence-corrected chi connectivity index (χ3v) is 14.5. The molecular formula is C33H40I6N6O14. The van der Waals surface area contributed by atoms with Crippen molar-refractivity contribution in [1.82, 2.24) is 20.4 Å². The first-order valence-electron chi connectivity index (χ1n) is 16.9. The second-order valence-corrected chi connectivity index (χ2v) is 18.9. The number of nitrogens with zero attached hydrogens (tertiary/aromatic N) is 2. The third-order valence-electron chi connectivity index (χ3n) is 8.06. The van der Waals surface area contributed by atoms with Crippen LogP contribution < -0.4 is 21.3 Å². The van der Waals surface area contributed by atoms with Gasteiger partial charge in [-0.2, -0.15) is 0 Å². The molecule has 0 aliphatic rings. The van der Waals surface area contributed by atoms with E-state index in [1.54, 1.807) is 90.4 Å². The standard InChI is InChI=1S/C33H40I6N6O14/c1-44(32(58)18-20(34)16(30(56)40-6-12(50)8-46)22(36)26(24(18)38)42-28(54)14(52)10-48)4-3-5-45(2)33(59)19-21(35)17(31(57)41-7-13(51)9-47)23(37)27(25(19)39)43-29(55)15(53)11-49/h12-15,46-53H,3-11H2,1-2H3,(H,40,56)(H,41,57)(H,42,54)(H,43,55). The molecule has 0 heterocycles. The second-order valence-electron chi connectivity index (χ2n) is 12.4. The molecular weight excluding hydrogens is 1470 g/mol. The van der Waals surface area contributed by atoms with Crippen molar-refractivity contribution in [3.8, 4) is 0 Å². The molecule has 2 rings (SSSR count). The molecule has 0 fully saturated rings. The van der Waals surface area contributed by atoms with Crippen molar-refractivity contribution < 1.29 is 69.6 Å². The van der Waals surface area contributed by atoms with Crippen LogP contribution in [0.4, 0.5) is 11.4 Å². The summed E-state index contributed by atoms with van der Waals surface area (Å²) in [6.45, 7) is -3.64. The molecule has 4 unspecified atom stereocenters. The molecule has 0 aliphatic carbocycles. The van der Waals surface area contributed by atoms with Crippen molar-refractivity contribution in [2.45, 2.75) is 30.8 Å². The Morgan fingerprint density at radius 1 is 0.508 bits per heavy atom. The first-order chi connectivity index (χ1) is 27.6. The van der Waals surface area contributed by atoms with E-state index in [0.717, 1.165) is 0 Å². The predicted molar refractivity (Wildman–Crippen MR) is 262 cm³/mol. The fraction of sp³-hybridized carbons (Fsp3) is 0.455. The number of amides is 6. The normalized spacial score (nSPS) is 13.2. The molecule has 0 bridgehead atoms. The molecule has 2 aromatic rings. The van der Waals surface area contributed by atoms with Crippen LogP contribution in [0.25, 0.3) is 0 Å². The number of hydrogen-bond acceptors (Lipinski definition) is 14. The molecule has 0 saturated carbocycles. The van der Waals surface area contributed by atoms with E-state index in [9.17, 15) is 69.6 Å². The summed E-state index contributed by atoms with van der Waals surface area (Å²) in [6.07, 6.45) is -6.00. The SMILES string of the molecule is CN(CCCN(C)C(=O)c1c(I)c(NC(=O)C(O)CO)c(I)c(C(=O)NCC(O)CO)c1I)C(=O)c1c(I)c(NC(=O)C(O)CO)c(I)c(C(=O)NCC(O)CO)c1I. The van der Waals surface area contributed by atoms with Gasteiger partial charge in [0.15, 0.2) is 12.2 Å². The Hall–Kier alpha value is -0.680. The number of benzene rings is 2. The van der Waals surface area contributed by atoms with Crippen molar-refractivity contribution in [3.63, 3.8) is 0 Å². The van der Waals surface area contributed by atoms with Gasteiger partial charge in [0, 0.05) is 47.4 Å². The lowest BCUT2D eigenvalue weighted by Crippen LogP contribution is -2.37. The van der Waals surface area contributed by atoms with Gasteiger partial charge in [-0.15, -0.1) is 0 Å². The lowest BCUT2D eigenvalue weighted by molar-refractivity contribution is -0.126. The molecule has 328 valence electrons. The quantitative estimate of drug-likeness (QED) is 0.0731. The minimum Gasteiger partial charge on any atom is -0.394 e. The lowest BCUT2D eigenvalue weighted by Gasteiger charge is -2.25. The van der Waals surface area contributed by atoms with E-state index in [1.807, 2.05) is 45.2 Å². The average molecular weight is 1510 g/mol. The number of aliphatic hydroxyl groups excluding tert-OH is 8. The Morgan fingerprint density at radius 2 is 0.814 bits per heavy atom. The van der Waals surface area contributed by atoms with E-state index in [0.29, 0.717) is 0 Å². The number of halogens is 6. The van der Waals surface area contributed by atoms with Gasteiger partial charge in [0.1, 0.15) is 0 Å². The summed E-state index contributed by atoms with van der Waals surface area (Å²) in [5.41, 5.74) is -0.0933. The number of nitrogens with one attached hydrogen (secondary N) is 4. The number of hydrogen-bond donors (Lipinski definition) is 12. The maximum atomic E-state index is 14.1. The Bertz CT molecular complexity index is 1790. The maximum Gasteiger partial charge on any atom is 0.255 e. The zero-order chi connectivity index (χ0) is 45.0. The van der Waals surface area contributed by atoms with Gasteiger partial charge in [0.05, 0.1) is 86.5 Å². The van der Waals surface area contributed by atoms with Crippen LogP contribution in [0.2, 0.25) is 0 Å². The minimum atomic E-state index is -1.82. The van der Waals surface area contributed by atoms with Crippen LogP contribution in [0.5, 0.6) is 0 Å². The van der Waals surface area contributed by atoms with E-state index in [4.69, 9.17) is 0 Å². The summed E-state index contributed by atoms with van der Waals surface area (Å²) in [6, 6.07) is 0. The molecule has 2 aromatic carbocycles. The van der Waals surface area contributed by atoms with Crippen molar-refractivity contribution in [3.05, 3.63) is 43.7 Å². The number of rotatable bonds is 20. The predicted octanol–water partition coefficient (Wildman–Crippen LogP) is -0.702. The van der Waals surface area contributed by atoms with E-state index in [2.05, 4.69) is 21.3 Å². The molecule has 0 saturated heterocycles. The molecule has 26 heteroatoms. The Kier molecular flexibility index (Phi) is 23.6. The first kappa shape index (κ1) is 54.5. The van der Waals surface area contributed by atoms with Crippen LogP contribution in [-0.4, -0.2) is 177 Å². The minimum absolute atomic E-state index is 0.000152. The first-order valence-corrected chi connectivity index (χ1v) is 23.3. The lowest BCUT2D eigenvalue weighted by atomic mass is 10.1. The van der Waals surface area contributed by atoms with Crippen molar-refractivity contribution in [2.24, 2.45) is 0 Å². The van der Waals surface area contributed by atoms with Gasteiger partial charge in [-0.3, -0.25) is 28.8 Å². The summed E-state index contributed by atoms with van der Waals surface area (Å²) >= 11 is 10.8. The van der Waals surface area contributed by atoms with Gasteiger partial charge in [0.25, 0.3) is 35.4 Å². The second kappa shape index (κ2) is 25.6. The van der Waals surface area contributed by atoms with E-state index >= 15 is 0 Å². The largest absolute Gasteiger partial charge is 0.394 e. The van der Waals surface area contributed by atoms with Crippen molar-refractivity contribution in [2.75, 3.05) is 77.3 Å². The monoisotopic (exact) mass is 1510 g/mol. The van der Waals surface area contributed by atoms with Crippen LogP contribution in [-0.2, 0) is 9.59 Å². The highest BCUT2D eigenvalue weighted by Gasteiger charge is 2.33. The topological polar surface area (TPSA) is 319 Å². The highest BCUT2D eigenvalue weighted by atomic mass is 127. The number of carbonyl (C=O) groups is 6. The zero-order valence-electron chi connectivity index (χ0n) is 30.9. The van der Waals surface area contributed by atoms with Crippen LogP contribution in [0.3, 0.4) is 0 Å². The zero-order valence-corrected chi connectivity index (χ0v) is 43.8. The Balaban J connectivity index is 2.49. The third kappa shape index (κ3) is 14.2. The van der Waals surface area contributed by atoms with Gasteiger partial charge in [-0.1, -0.05) is 0 Å². The van der Waals surface area contributed by atoms with Gasteiger partial charge < -0.3 is 71.9 Å². The van der Waals surface area contributed by atoms with Crippen LogP contribution in [0.1, 0.15) is 47.9 Å². The van der Waals surface area contributed by atoms with E-state index in [-0.39, 0.29) is 87.6 Å². The molecule has 12 N–H and O–H groups in total. The number of carbonyl (C=O) groups excluding carboxylic acids is 6. The molecule has 0 radical (unpaired) electrons. The molecule has 6 amide bonds. The van der Waals surface area contributed by atoms with Gasteiger partial charge >= 0.3 is 0 Å². The number of aliphatic hydroxyl groups is 8. The van der Waals surface area contributed by atoms with Gasteiger partial charge in [0.2, 0.25) is 0 Å². The molecule has 0 spiro atoms. The molecule has 20 nitrogen and oxygen atoms in total. The van der Waals surface area contributed by atoms with Gasteiger partial charge in [-0.05, 0) is 142 Å². The summed E-state index contributed by atoms with van der Waals surface area (Å²) in [5.74, 6) is -4.69. The number of anilines is 2. The maximum absolute atomic E-state index is 14.1. The molecule has 0 aromatic heterocycles. The van der Waals surface area contributed by atoms with E-state index in [1.165, 1.54) is 23.9 Å². The fourth-order valence-corrected chi connectivity index (χ4v) is 13.5. The highest BCUT2D eigenvalue weighted by Crippen LogP contribution is 2.38. The summed E-state index contributed by atoms with van der Waals surface area (Å²) in [5, 5.41) is 86.3. The smallest absolute Gasteiger partial charge is 0.255 e. The van der Waals surface area contributed by atoms with Crippen LogP contribution in [0.15, 0.2) is 0 Å². The van der Waals surface area contributed by atoms with Crippen LogP contribution in [0, 0.1) is 21.4 Å². The highest BCUT2D eigenvalue weighted by molar-refractivity contribution is 14.1. The van der Waals surface area contributed by atoms with E-state index < -0.39 is 86.3 Å². The summed E-state index contributed by atoms with van der Waals surface area (Å²) < 4.78 is 1.13. The van der Waals surface area contributed by atoms with Crippen LogP contribution >= 0.6 is 136 Å². The Labute approximate surface area is 419 Å². The summed E-state index contributed by atoms with van der Waals surface area (Å²) in [4.78, 5) is 82.8.